The van der Waals surface area contributed by atoms with Crippen LogP contribution < -0.4 is 9.47 Å². The molecule has 0 bridgehead atoms. The highest BCUT2D eigenvalue weighted by Crippen LogP contribution is 2.24. The van der Waals surface area contributed by atoms with Crippen LogP contribution >= 0.6 is 47.8 Å². The smallest absolute Gasteiger partial charge is 0.373 e. The minimum absolute atomic E-state index is 0.250. The summed E-state index contributed by atoms with van der Waals surface area (Å²) in [4.78, 5) is 26.3. The van der Waals surface area contributed by atoms with Gasteiger partial charge in [-0.15, -0.1) is 0 Å². The molecule has 6 nitrogen and oxygen atoms in total. The zero-order valence-electron chi connectivity index (χ0n) is 18.9. The van der Waals surface area contributed by atoms with Gasteiger partial charge in [-0.2, -0.15) is 9.59 Å². The molecule has 0 saturated carbocycles. The largest absolute Gasteiger partial charge is 0.497 e. The minimum Gasteiger partial charge on any atom is -0.497 e. The van der Waals surface area contributed by atoms with Crippen LogP contribution in [0.2, 0.25) is 0 Å². The van der Waals surface area contributed by atoms with Gasteiger partial charge >= 0.3 is 12.1 Å². The highest BCUT2D eigenvalue weighted by Gasteiger charge is 1.96. The molecule has 0 spiro atoms. The Morgan fingerprint density at radius 1 is 0.909 bits per heavy atom. The molecule has 0 saturated heterocycles. The quantitative estimate of drug-likeness (QED) is 0.242. The summed E-state index contributed by atoms with van der Waals surface area (Å²) in [7, 11) is 3.32. The Morgan fingerprint density at radius 2 is 1.36 bits per heavy atom. The number of halogens is 3. The lowest BCUT2D eigenvalue weighted by Crippen LogP contribution is -1.97. The molecule has 2 aromatic rings. The van der Waals surface area contributed by atoms with E-state index in [1.165, 1.54) is 0 Å². The molecule has 0 aliphatic rings. The molecule has 0 atom stereocenters. The first-order valence-corrected chi connectivity index (χ1v) is 11.9. The third-order valence-electron chi connectivity index (χ3n) is 3.20. The van der Waals surface area contributed by atoms with Crippen LogP contribution in [0.1, 0.15) is 25.8 Å². The van der Waals surface area contributed by atoms with Crippen molar-refractivity contribution in [3.8, 4) is 11.5 Å². The van der Waals surface area contributed by atoms with E-state index >= 15 is 0 Å². The number of methoxy groups -OCH3 is 2. The Balaban J connectivity index is 0. The molecule has 2 rings (SSSR count). The first kappa shape index (κ1) is 33.0. The Kier molecular flexibility index (Phi) is 21.6. The number of allylic oxidation sites excluding steroid dienone is 1. The zero-order valence-corrected chi connectivity index (χ0v) is 23.7. The fraction of sp³-hybridized carbons (Fsp3) is 0.250. The van der Waals surface area contributed by atoms with Crippen LogP contribution in [0.5, 0.6) is 11.5 Å². The lowest BCUT2D eigenvalue weighted by Gasteiger charge is -2.02. The van der Waals surface area contributed by atoms with Gasteiger partial charge in [0.15, 0.2) is 0 Å². The Bertz CT molecular complexity index is 887. The van der Waals surface area contributed by atoms with E-state index in [0.29, 0.717) is 6.61 Å². The molecule has 0 N–H and O–H groups in total. The summed E-state index contributed by atoms with van der Waals surface area (Å²) < 4.78 is 17.7. The van der Waals surface area contributed by atoms with Gasteiger partial charge in [-0.05, 0) is 55.3 Å². The van der Waals surface area contributed by atoms with E-state index in [-0.39, 0.29) is 12.1 Å². The molecule has 33 heavy (non-hydrogen) atoms. The van der Waals surface area contributed by atoms with Gasteiger partial charge in [-0.3, -0.25) is 0 Å². The van der Waals surface area contributed by atoms with Gasteiger partial charge in [0.1, 0.15) is 11.5 Å². The van der Waals surface area contributed by atoms with E-state index in [0.717, 1.165) is 43.0 Å². The maximum absolute atomic E-state index is 10.1. The van der Waals surface area contributed by atoms with Gasteiger partial charge in [0.25, 0.3) is 0 Å². The number of hydrogen-bond donors (Lipinski definition) is 0. The lowest BCUT2D eigenvalue weighted by molar-refractivity contribution is -0.191. The second-order valence-corrected chi connectivity index (χ2v) is 8.33. The first-order valence-electron chi connectivity index (χ1n) is 9.50. The normalized spacial score (nSPS) is 8.94. The molecular weight excluding hydrogens is 624 g/mol. The van der Waals surface area contributed by atoms with E-state index in [1.807, 2.05) is 30.3 Å². The standard InChI is InChI=1S/C11H13BrO.C7H6Br2O.C5H8O2.CO2/c1-3-4-5-9-6-10(12)8-11(7-9)13-2;1-10-7-3-5(8)2-6(9)4-7;1-3-5(6)7-4-2;2-1-3/h4-8H,3H2,1-2H3;2-4H,1H3;3H,1,4H2,2H3;/b5-4+;;;. The summed E-state index contributed by atoms with van der Waals surface area (Å²) in [5, 5.41) is 0. The second-order valence-electron chi connectivity index (χ2n) is 5.58. The van der Waals surface area contributed by atoms with Crippen molar-refractivity contribution in [1.82, 2.24) is 0 Å². The molecule has 0 amide bonds. The predicted octanol–water partition coefficient (Wildman–Crippen LogP) is 7.25. The molecular formula is C24H27Br3O6. The van der Waals surface area contributed by atoms with Crippen molar-refractivity contribution in [2.45, 2.75) is 20.3 Å². The van der Waals surface area contributed by atoms with Crippen LogP contribution in [-0.4, -0.2) is 32.9 Å². The lowest BCUT2D eigenvalue weighted by atomic mass is 10.2. The average molecular weight is 651 g/mol. The van der Waals surface area contributed by atoms with Crippen molar-refractivity contribution in [2.75, 3.05) is 20.8 Å². The summed E-state index contributed by atoms with van der Waals surface area (Å²) in [6.45, 7) is 7.49. The predicted molar refractivity (Wildman–Crippen MR) is 140 cm³/mol. The van der Waals surface area contributed by atoms with Crippen molar-refractivity contribution in [3.05, 3.63) is 74.1 Å². The maximum atomic E-state index is 10.1. The molecule has 0 aliphatic heterocycles. The third kappa shape index (κ3) is 19.0. The fourth-order valence-corrected chi connectivity index (χ4v) is 3.64. The molecule has 9 heteroatoms. The number of carbonyl (C=O) groups is 1. The molecule has 0 radical (unpaired) electrons. The summed E-state index contributed by atoms with van der Waals surface area (Å²) in [5.74, 6) is 1.37. The van der Waals surface area contributed by atoms with Gasteiger partial charge in [0.05, 0.1) is 20.8 Å². The number of benzene rings is 2. The van der Waals surface area contributed by atoms with Crippen LogP contribution in [0, 0.1) is 0 Å². The Morgan fingerprint density at radius 3 is 1.73 bits per heavy atom. The van der Waals surface area contributed by atoms with Gasteiger partial charge in [-0.25, -0.2) is 4.79 Å². The van der Waals surface area contributed by atoms with E-state index < -0.39 is 0 Å². The van der Waals surface area contributed by atoms with Crippen LogP contribution in [0.25, 0.3) is 6.08 Å². The highest BCUT2D eigenvalue weighted by atomic mass is 79.9. The van der Waals surface area contributed by atoms with Crippen molar-refractivity contribution < 1.29 is 28.6 Å². The van der Waals surface area contributed by atoms with Crippen molar-refractivity contribution in [2.24, 2.45) is 0 Å². The highest BCUT2D eigenvalue weighted by molar-refractivity contribution is 9.11. The summed E-state index contributed by atoms with van der Waals surface area (Å²) in [6.07, 6.45) is 6.66. The topological polar surface area (TPSA) is 78.9 Å². The van der Waals surface area contributed by atoms with E-state index in [4.69, 9.17) is 19.1 Å². The number of esters is 1. The minimum atomic E-state index is -0.359. The molecule has 2 aromatic carbocycles. The number of ether oxygens (including phenoxy) is 3. The van der Waals surface area contributed by atoms with Crippen LogP contribution in [0.4, 0.5) is 0 Å². The number of carbonyl (C=O) groups excluding carboxylic acids is 3. The van der Waals surface area contributed by atoms with Crippen LogP contribution in [0.15, 0.2) is 68.5 Å². The molecule has 0 fully saturated rings. The molecule has 0 aliphatic carbocycles. The maximum Gasteiger partial charge on any atom is 0.373 e. The Labute approximate surface area is 220 Å². The average Bonchev–Trinajstić information content (AvgIpc) is 2.78. The Hall–Kier alpha value is -2.19. The van der Waals surface area contributed by atoms with Crippen molar-refractivity contribution in [1.29, 1.82) is 0 Å². The van der Waals surface area contributed by atoms with Gasteiger partial charge in [-0.1, -0.05) is 73.4 Å². The van der Waals surface area contributed by atoms with E-state index in [2.05, 4.69) is 84.2 Å². The van der Waals surface area contributed by atoms with E-state index in [1.54, 1.807) is 21.1 Å². The third-order valence-corrected chi connectivity index (χ3v) is 4.57. The molecule has 0 heterocycles. The van der Waals surface area contributed by atoms with E-state index in [9.17, 15) is 4.79 Å². The van der Waals surface area contributed by atoms with Crippen LogP contribution in [-0.2, 0) is 19.1 Å². The zero-order chi connectivity index (χ0) is 25.6. The number of rotatable bonds is 6. The molecule has 180 valence electrons. The SMILES string of the molecule is C=CC(=O)OCC.CC/C=C/c1cc(Br)cc(OC)c1.COc1cc(Br)cc(Br)c1.O=C=O. The van der Waals surface area contributed by atoms with Crippen molar-refractivity contribution >= 4 is 66.0 Å². The first-order chi connectivity index (χ1) is 15.7. The van der Waals surface area contributed by atoms with Gasteiger partial charge in [0, 0.05) is 19.5 Å². The fourth-order valence-electron chi connectivity index (χ4n) is 1.90. The molecule has 0 unspecified atom stereocenters. The second kappa shape index (κ2) is 21.6. The van der Waals surface area contributed by atoms with Gasteiger partial charge in [0.2, 0.25) is 0 Å². The summed E-state index contributed by atoms with van der Waals surface area (Å²) >= 11 is 10.1. The summed E-state index contributed by atoms with van der Waals surface area (Å²) in [5.41, 5.74) is 1.16. The number of hydrogen-bond acceptors (Lipinski definition) is 6. The monoisotopic (exact) mass is 648 g/mol. The molecule has 0 aromatic heterocycles. The van der Waals surface area contributed by atoms with Crippen LogP contribution in [0.3, 0.4) is 0 Å². The van der Waals surface area contributed by atoms with Gasteiger partial charge < -0.3 is 14.2 Å². The van der Waals surface area contributed by atoms with Crippen molar-refractivity contribution in [3.63, 3.8) is 0 Å². The summed E-state index contributed by atoms with van der Waals surface area (Å²) in [6, 6.07) is 11.8.